The summed E-state index contributed by atoms with van der Waals surface area (Å²) >= 11 is 0. The van der Waals surface area contributed by atoms with Crippen LogP contribution in [-0.4, -0.2) is 73.3 Å². The number of carbonyl (C=O) groups is 2. The molecule has 1 amide bonds. The molecular weight excluding hydrogens is 527 g/mol. The number of aliphatic hydroxyl groups excluding tert-OH is 1. The van der Waals surface area contributed by atoms with Gasteiger partial charge < -0.3 is 19.3 Å². The SMILES string of the molecule is COC(=O)c1c(N(C(=O)OC)S(=O)c2ccc(F)cc2/C=C\CN2CCC(CO)C2)ccc2c1OC[C@@H]1C[C@H]21. The van der Waals surface area contributed by atoms with Crippen LogP contribution in [0.3, 0.4) is 0 Å². The van der Waals surface area contributed by atoms with E-state index in [4.69, 9.17) is 14.2 Å². The number of aliphatic hydroxyl groups is 1. The first-order chi connectivity index (χ1) is 18.9. The predicted molar refractivity (Wildman–Crippen MR) is 142 cm³/mol. The van der Waals surface area contributed by atoms with Gasteiger partial charge in [-0.2, -0.15) is 4.31 Å². The van der Waals surface area contributed by atoms with Crippen LogP contribution >= 0.6 is 0 Å². The second-order valence-corrected chi connectivity index (χ2v) is 11.3. The number of rotatable bonds is 8. The number of hydrogen-bond acceptors (Lipinski definition) is 8. The molecule has 2 aromatic carbocycles. The van der Waals surface area contributed by atoms with Gasteiger partial charge in [-0.25, -0.2) is 18.2 Å². The third kappa shape index (κ3) is 5.43. The lowest BCUT2D eigenvalue weighted by atomic mass is 10.00. The molecule has 0 radical (unpaired) electrons. The number of fused-ring (bicyclic) bond motifs is 3. The molecule has 0 spiro atoms. The minimum absolute atomic E-state index is 0.00854. The van der Waals surface area contributed by atoms with Crippen LogP contribution in [0.1, 0.15) is 40.2 Å². The number of benzene rings is 2. The van der Waals surface area contributed by atoms with Crippen molar-refractivity contribution in [1.29, 1.82) is 0 Å². The van der Waals surface area contributed by atoms with Gasteiger partial charge in [0.25, 0.3) is 0 Å². The normalized spacial score (nSPS) is 22.5. The third-order valence-electron chi connectivity index (χ3n) is 7.49. The molecule has 5 rings (SSSR count). The second kappa shape index (κ2) is 11.4. The summed E-state index contributed by atoms with van der Waals surface area (Å²) in [6, 6.07) is 7.07. The number of esters is 1. The van der Waals surface area contributed by atoms with Crippen LogP contribution in [0.5, 0.6) is 5.75 Å². The smallest absolute Gasteiger partial charge is 0.426 e. The van der Waals surface area contributed by atoms with Crippen LogP contribution in [0, 0.1) is 17.7 Å². The summed E-state index contributed by atoms with van der Waals surface area (Å²) in [6.07, 6.45) is 4.37. The second-order valence-electron chi connectivity index (χ2n) is 9.98. The molecule has 4 atom stereocenters. The van der Waals surface area contributed by atoms with E-state index in [1.165, 1.54) is 19.2 Å². The fraction of sp³-hybridized carbons (Fsp3) is 0.429. The lowest BCUT2D eigenvalue weighted by molar-refractivity contribution is 0.0596. The van der Waals surface area contributed by atoms with Gasteiger partial charge in [0.15, 0.2) is 11.0 Å². The molecule has 0 aromatic heterocycles. The van der Waals surface area contributed by atoms with Crippen LogP contribution in [0.25, 0.3) is 6.08 Å². The predicted octanol–water partition coefficient (Wildman–Crippen LogP) is 3.73. The molecule has 1 saturated carbocycles. The Balaban J connectivity index is 1.51. The molecule has 1 saturated heterocycles. The average Bonchev–Trinajstić information content (AvgIpc) is 3.61. The molecule has 2 fully saturated rings. The van der Waals surface area contributed by atoms with Crippen LogP contribution in [0.15, 0.2) is 41.3 Å². The Kier molecular flexibility index (Phi) is 8.01. The van der Waals surface area contributed by atoms with Gasteiger partial charge in [0.1, 0.15) is 17.1 Å². The summed E-state index contributed by atoms with van der Waals surface area (Å²) in [5, 5.41) is 9.38. The minimum atomic E-state index is -2.23. The highest BCUT2D eigenvalue weighted by Gasteiger charge is 2.46. The van der Waals surface area contributed by atoms with Crippen molar-refractivity contribution < 1.29 is 37.5 Å². The van der Waals surface area contributed by atoms with E-state index in [1.54, 1.807) is 18.2 Å². The molecule has 39 heavy (non-hydrogen) atoms. The van der Waals surface area contributed by atoms with Gasteiger partial charge in [0, 0.05) is 25.6 Å². The van der Waals surface area contributed by atoms with Gasteiger partial charge in [-0.05, 0) is 66.6 Å². The first-order valence-electron chi connectivity index (χ1n) is 12.8. The molecule has 9 nitrogen and oxygen atoms in total. The van der Waals surface area contributed by atoms with E-state index in [0.29, 0.717) is 30.4 Å². The first kappa shape index (κ1) is 27.3. The summed E-state index contributed by atoms with van der Waals surface area (Å²) in [6.45, 7) is 2.74. The Morgan fingerprint density at radius 1 is 1.26 bits per heavy atom. The molecule has 1 aliphatic carbocycles. The van der Waals surface area contributed by atoms with Crippen LogP contribution in [-0.2, 0) is 20.5 Å². The van der Waals surface area contributed by atoms with Gasteiger partial charge in [-0.15, -0.1) is 0 Å². The highest BCUT2D eigenvalue weighted by atomic mass is 32.2. The van der Waals surface area contributed by atoms with Crippen molar-refractivity contribution in [2.75, 3.05) is 51.4 Å². The summed E-state index contributed by atoms with van der Waals surface area (Å²) in [5.41, 5.74) is 1.17. The van der Waals surface area contributed by atoms with E-state index in [1.807, 2.05) is 6.08 Å². The monoisotopic (exact) mass is 558 g/mol. The van der Waals surface area contributed by atoms with E-state index in [0.717, 1.165) is 49.0 Å². The molecule has 0 bridgehead atoms. The standard InChI is InChI=1S/C28H31FN2O7S/c1-36-27(33)25-23(7-6-21-22-13-19(22)16-38-26(21)25)31(28(34)37-2)39(35)24-8-5-20(29)12-18(24)4-3-10-30-11-9-17(14-30)15-32/h3-8,12,17,19,22,32H,9-11,13-16H2,1-2H3/b4-3-/t17?,19-,22-,39?/m0/s1. The van der Waals surface area contributed by atoms with Gasteiger partial charge >= 0.3 is 12.1 Å². The number of anilines is 1. The molecule has 2 aromatic rings. The summed E-state index contributed by atoms with van der Waals surface area (Å²) < 4.78 is 45.1. The number of ether oxygens (including phenoxy) is 3. The van der Waals surface area contributed by atoms with Gasteiger partial charge in [0.05, 0.1) is 31.4 Å². The number of halogens is 1. The van der Waals surface area contributed by atoms with Gasteiger partial charge in [0.2, 0.25) is 0 Å². The maximum Gasteiger partial charge on any atom is 0.426 e. The van der Waals surface area contributed by atoms with E-state index >= 15 is 0 Å². The summed E-state index contributed by atoms with van der Waals surface area (Å²) in [7, 11) is 0.138. The van der Waals surface area contributed by atoms with Crippen LogP contribution in [0.4, 0.5) is 14.9 Å². The maximum atomic E-state index is 14.3. The Hall–Kier alpha value is -3.28. The zero-order valence-electron chi connectivity index (χ0n) is 21.8. The summed E-state index contributed by atoms with van der Waals surface area (Å²) in [4.78, 5) is 28.3. The first-order valence-corrected chi connectivity index (χ1v) is 13.9. The van der Waals surface area contributed by atoms with E-state index in [9.17, 15) is 23.3 Å². The Morgan fingerprint density at radius 3 is 2.79 bits per heavy atom. The number of nitrogens with zero attached hydrogens (tertiary/aromatic N) is 2. The van der Waals surface area contributed by atoms with Crippen molar-refractivity contribution in [3.05, 3.63) is 58.9 Å². The molecule has 2 unspecified atom stereocenters. The average molecular weight is 559 g/mol. The fourth-order valence-corrected chi connectivity index (χ4v) is 6.56. The zero-order chi connectivity index (χ0) is 27.7. The lowest BCUT2D eigenvalue weighted by Crippen LogP contribution is -2.35. The highest BCUT2D eigenvalue weighted by Crippen LogP contribution is 2.55. The molecule has 3 aliphatic rings. The number of likely N-dealkylation sites (tertiary alicyclic amines) is 1. The van der Waals surface area contributed by atoms with E-state index in [2.05, 4.69) is 4.90 Å². The number of hydrogen-bond donors (Lipinski definition) is 1. The minimum Gasteiger partial charge on any atom is -0.492 e. The van der Waals surface area contributed by atoms with Crippen molar-refractivity contribution in [1.82, 2.24) is 4.90 Å². The fourth-order valence-electron chi connectivity index (χ4n) is 5.31. The quantitative estimate of drug-likeness (QED) is 0.489. The molecule has 1 N–H and O–H groups in total. The van der Waals surface area contributed by atoms with Crippen molar-refractivity contribution >= 4 is 34.8 Å². The Labute approximate surface area is 228 Å². The third-order valence-corrected chi connectivity index (χ3v) is 8.92. The number of carbonyl (C=O) groups excluding carboxylic acids is 2. The Bertz CT molecular complexity index is 1330. The van der Waals surface area contributed by atoms with Gasteiger partial charge in [-0.3, -0.25) is 4.90 Å². The van der Waals surface area contributed by atoms with Crippen LogP contribution in [0.2, 0.25) is 0 Å². The molecule has 208 valence electrons. The molecule has 2 heterocycles. The largest absolute Gasteiger partial charge is 0.492 e. The molecule has 11 heteroatoms. The Morgan fingerprint density at radius 2 is 2.08 bits per heavy atom. The van der Waals surface area contributed by atoms with E-state index in [-0.39, 0.29) is 34.6 Å². The zero-order valence-corrected chi connectivity index (χ0v) is 22.6. The summed E-state index contributed by atoms with van der Waals surface area (Å²) in [5.74, 6) is -0.0609. The van der Waals surface area contributed by atoms with Crippen molar-refractivity contribution in [3.63, 3.8) is 0 Å². The number of amides is 1. The molecule has 2 aliphatic heterocycles. The van der Waals surface area contributed by atoms with Crippen LogP contribution < -0.4 is 9.04 Å². The maximum absolute atomic E-state index is 14.3. The van der Waals surface area contributed by atoms with Gasteiger partial charge in [-0.1, -0.05) is 18.2 Å². The number of methoxy groups -OCH3 is 2. The van der Waals surface area contributed by atoms with Crippen molar-refractivity contribution in [3.8, 4) is 5.75 Å². The topological polar surface area (TPSA) is 106 Å². The molecular formula is C28H31FN2O7S. The van der Waals surface area contributed by atoms with Crippen molar-refractivity contribution in [2.24, 2.45) is 11.8 Å². The van der Waals surface area contributed by atoms with Crippen molar-refractivity contribution in [2.45, 2.75) is 23.7 Å². The lowest BCUT2D eigenvalue weighted by Gasteiger charge is -2.26. The highest BCUT2D eigenvalue weighted by molar-refractivity contribution is 7.87. The van der Waals surface area contributed by atoms with E-state index < -0.39 is 28.9 Å².